The number of aromatic nitrogens is 5. The maximum atomic E-state index is 14.7. The van der Waals surface area contributed by atoms with Crippen LogP contribution in [0, 0.1) is 5.92 Å². The van der Waals surface area contributed by atoms with Gasteiger partial charge < -0.3 is 41.0 Å². The molecule has 1 aromatic carbocycles. The molecule has 0 radical (unpaired) electrons. The van der Waals surface area contributed by atoms with Crippen LogP contribution in [0.3, 0.4) is 0 Å². The van der Waals surface area contributed by atoms with Crippen molar-refractivity contribution in [1.82, 2.24) is 45.4 Å². The standard InChI is InChI=1S/C39H54N10O8/c1-39(2,56)32-20-43-46-49(32)27-19-31(48(21-27)37(54)29(18-25-12-6-4-7-13-25)45-35(52)30-22-47(3)24-42-30)36(53)44-28(33(50)34(40)51)16-10-11-17-41-38(55)57-23-26-14-8-5-9-15-26/h5,8-9,14-15,20,22,24-25,27-29,31,56H,4,6-7,10-13,16-19,21,23H2,1-3H3,(H2,40,51)(H,41,55)(H,44,53)(H,45,52)/t27-,28?,29+,31-/m0/s1. The molecule has 1 saturated heterocycles. The van der Waals surface area contributed by atoms with Crippen LogP contribution in [0.25, 0.3) is 0 Å². The molecule has 4 atom stereocenters. The number of hydrogen-bond acceptors (Lipinski definition) is 11. The number of imidazole rings is 1. The molecule has 57 heavy (non-hydrogen) atoms. The van der Waals surface area contributed by atoms with E-state index in [1.807, 2.05) is 30.3 Å². The summed E-state index contributed by atoms with van der Waals surface area (Å²) < 4.78 is 8.33. The summed E-state index contributed by atoms with van der Waals surface area (Å²) in [5, 5.41) is 27.3. The Morgan fingerprint density at radius 3 is 2.42 bits per heavy atom. The van der Waals surface area contributed by atoms with E-state index in [-0.39, 0.29) is 44.1 Å². The van der Waals surface area contributed by atoms with E-state index in [9.17, 15) is 33.9 Å². The normalized spacial score (nSPS) is 18.4. The number of primary amides is 1. The molecule has 2 aliphatic rings. The molecule has 18 nitrogen and oxygen atoms in total. The van der Waals surface area contributed by atoms with Gasteiger partial charge in [-0.2, -0.15) is 0 Å². The molecule has 1 unspecified atom stereocenters. The van der Waals surface area contributed by atoms with Crippen LogP contribution >= 0.6 is 0 Å². The predicted octanol–water partition coefficient (Wildman–Crippen LogP) is 1.79. The van der Waals surface area contributed by atoms with Gasteiger partial charge in [-0.15, -0.1) is 5.10 Å². The maximum absolute atomic E-state index is 14.7. The minimum absolute atomic E-state index is 0.0225. The minimum Gasteiger partial charge on any atom is -0.445 e. The van der Waals surface area contributed by atoms with Crippen LogP contribution < -0.4 is 21.7 Å². The van der Waals surface area contributed by atoms with Crippen molar-refractivity contribution < 1.29 is 38.6 Å². The van der Waals surface area contributed by atoms with E-state index in [1.165, 1.54) is 22.1 Å². The molecule has 2 fully saturated rings. The number of nitrogens with two attached hydrogens (primary N) is 1. The first-order valence-corrected chi connectivity index (χ1v) is 19.5. The quantitative estimate of drug-likeness (QED) is 0.0919. The second-order valence-electron chi connectivity index (χ2n) is 15.5. The van der Waals surface area contributed by atoms with Crippen molar-refractivity contribution >= 4 is 35.5 Å². The van der Waals surface area contributed by atoms with Gasteiger partial charge in [0.25, 0.3) is 11.8 Å². The lowest BCUT2D eigenvalue weighted by molar-refractivity contribution is -0.142. The number of aryl methyl sites for hydroxylation is 1. The van der Waals surface area contributed by atoms with Crippen LogP contribution in [0.5, 0.6) is 0 Å². The fourth-order valence-corrected chi connectivity index (χ4v) is 7.52. The molecule has 1 aliphatic carbocycles. The highest BCUT2D eigenvalue weighted by Crippen LogP contribution is 2.33. The summed E-state index contributed by atoms with van der Waals surface area (Å²) >= 11 is 0. The van der Waals surface area contributed by atoms with Gasteiger partial charge in [0.05, 0.1) is 30.3 Å². The zero-order valence-corrected chi connectivity index (χ0v) is 32.8. The van der Waals surface area contributed by atoms with E-state index in [0.717, 1.165) is 37.7 Å². The minimum atomic E-state index is -1.36. The lowest BCUT2D eigenvalue weighted by Crippen LogP contribution is -2.56. The highest BCUT2D eigenvalue weighted by atomic mass is 16.5. The van der Waals surface area contributed by atoms with Crippen molar-refractivity contribution in [2.75, 3.05) is 13.1 Å². The zero-order valence-electron chi connectivity index (χ0n) is 32.8. The van der Waals surface area contributed by atoms with Crippen molar-refractivity contribution in [3.05, 3.63) is 66.0 Å². The Balaban J connectivity index is 1.32. The summed E-state index contributed by atoms with van der Waals surface area (Å²) in [6.45, 7) is 3.43. The van der Waals surface area contributed by atoms with E-state index < -0.39 is 65.3 Å². The van der Waals surface area contributed by atoms with Crippen LogP contribution in [0.4, 0.5) is 4.79 Å². The largest absolute Gasteiger partial charge is 0.445 e. The van der Waals surface area contributed by atoms with Crippen molar-refractivity contribution in [2.24, 2.45) is 18.7 Å². The Morgan fingerprint density at radius 2 is 1.75 bits per heavy atom. The number of ketones is 1. The first-order valence-electron chi connectivity index (χ1n) is 19.5. The number of aliphatic hydroxyl groups is 1. The van der Waals surface area contributed by atoms with Crippen molar-refractivity contribution in [3.8, 4) is 0 Å². The lowest BCUT2D eigenvalue weighted by Gasteiger charge is -2.32. The predicted molar refractivity (Wildman–Crippen MR) is 205 cm³/mol. The van der Waals surface area contributed by atoms with Gasteiger partial charge in [0.15, 0.2) is 0 Å². The average Bonchev–Trinajstić information content (AvgIpc) is 3.97. The SMILES string of the molecule is Cn1cnc(C(=O)N[C@H](CC2CCCCC2)C(=O)N2C[C@@H](n3nncc3C(C)(C)O)C[C@H]2C(=O)NC(CCCCNC(=O)OCc2ccccc2)C(=O)C(N)=O)c1. The van der Waals surface area contributed by atoms with Gasteiger partial charge in [-0.25, -0.2) is 14.5 Å². The van der Waals surface area contributed by atoms with E-state index in [4.69, 9.17) is 10.5 Å². The Bertz CT molecular complexity index is 1870. The van der Waals surface area contributed by atoms with E-state index >= 15 is 0 Å². The van der Waals surface area contributed by atoms with E-state index in [1.54, 1.807) is 31.7 Å². The summed E-state index contributed by atoms with van der Waals surface area (Å²) in [4.78, 5) is 85.2. The topological polar surface area (TPSA) is 246 Å². The maximum Gasteiger partial charge on any atom is 0.407 e. The van der Waals surface area contributed by atoms with E-state index in [0.29, 0.717) is 25.0 Å². The molecule has 2 aromatic heterocycles. The Hall–Kier alpha value is -5.65. The van der Waals surface area contributed by atoms with Gasteiger partial charge in [0.2, 0.25) is 17.6 Å². The molecule has 5 rings (SSSR count). The number of likely N-dealkylation sites (tertiary alicyclic amines) is 1. The summed E-state index contributed by atoms with van der Waals surface area (Å²) in [5.41, 5.74) is 5.37. The van der Waals surface area contributed by atoms with Gasteiger partial charge in [0, 0.05) is 32.8 Å². The Labute approximate surface area is 331 Å². The van der Waals surface area contributed by atoms with Gasteiger partial charge in [-0.1, -0.05) is 67.6 Å². The molecule has 0 spiro atoms. The monoisotopic (exact) mass is 790 g/mol. The number of nitrogens with zero attached hydrogens (tertiary/aromatic N) is 6. The smallest absolute Gasteiger partial charge is 0.407 e. The summed E-state index contributed by atoms with van der Waals surface area (Å²) in [6.07, 6.45) is 9.83. The number of alkyl carbamates (subject to hydrolysis) is 1. The third kappa shape index (κ3) is 11.7. The number of ether oxygens (including phenoxy) is 1. The van der Waals surface area contributed by atoms with Crippen LogP contribution in [0.1, 0.15) is 106 Å². The van der Waals surface area contributed by atoms with E-state index in [2.05, 4.69) is 31.2 Å². The molecule has 6 N–H and O–H groups in total. The summed E-state index contributed by atoms with van der Waals surface area (Å²) in [7, 11) is 1.73. The summed E-state index contributed by atoms with van der Waals surface area (Å²) in [6, 6.07) is 5.10. The zero-order chi connectivity index (χ0) is 41.1. The summed E-state index contributed by atoms with van der Waals surface area (Å²) in [5.74, 6) is -3.82. The molecule has 1 aliphatic heterocycles. The Morgan fingerprint density at radius 1 is 1.02 bits per heavy atom. The molecular formula is C39H54N10O8. The first kappa shape index (κ1) is 42.5. The molecule has 308 valence electrons. The number of carbonyl (C=O) groups excluding carboxylic acids is 6. The Kier molecular flexibility index (Phi) is 14.5. The molecule has 18 heteroatoms. The molecular weight excluding hydrogens is 736 g/mol. The second-order valence-corrected chi connectivity index (χ2v) is 15.5. The highest BCUT2D eigenvalue weighted by molar-refractivity contribution is 6.37. The number of nitrogens with one attached hydrogen (secondary N) is 3. The molecule has 3 heterocycles. The molecule has 0 bridgehead atoms. The molecule has 3 aromatic rings. The number of carbonyl (C=O) groups is 6. The average molecular weight is 791 g/mol. The number of hydrogen-bond donors (Lipinski definition) is 5. The number of unbranched alkanes of at least 4 members (excludes halogenated alkanes) is 1. The molecule has 1 saturated carbocycles. The number of rotatable bonds is 18. The van der Waals surface area contributed by atoms with Crippen molar-refractivity contribution in [3.63, 3.8) is 0 Å². The second kappa shape index (κ2) is 19.5. The van der Waals surface area contributed by atoms with Crippen LogP contribution in [-0.4, -0.2) is 101 Å². The third-order valence-corrected chi connectivity index (χ3v) is 10.5. The number of amides is 5. The lowest BCUT2D eigenvalue weighted by atomic mass is 9.84. The highest BCUT2D eigenvalue weighted by Gasteiger charge is 2.45. The van der Waals surface area contributed by atoms with Gasteiger partial charge in [0.1, 0.15) is 30.0 Å². The third-order valence-electron chi connectivity index (χ3n) is 10.5. The molecule has 5 amide bonds. The number of Topliss-reactive ketones (excluding diaryl/α,β-unsaturated/α-hetero) is 1. The van der Waals surface area contributed by atoms with Gasteiger partial charge in [-0.05, 0) is 51.0 Å². The first-order chi connectivity index (χ1) is 27.2. The van der Waals surface area contributed by atoms with Crippen molar-refractivity contribution in [2.45, 2.75) is 114 Å². The van der Waals surface area contributed by atoms with Crippen LogP contribution in [0.2, 0.25) is 0 Å². The number of benzene rings is 1. The fourth-order valence-electron chi connectivity index (χ4n) is 7.52. The fraction of sp³-hybridized carbons (Fsp3) is 0.564. The van der Waals surface area contributed by atoms with Crippen molar-refractivity contribution in [1.29, 1.82) is 0 Å². The van der Waals surface area contributed by atoms with Gasteiger partial charge >= 0.3 is 6.09 Å². The van der Waals surface area contributed by atoms with Crippen LogP contribution in [0.15, 0.2) is 49.1 Å². The van der Waals surface area contributed by atoms with Gasteiger partial charge in [-0.3, -0.25) is 24.0 Å². The van der Waals surface area contributed by atoms with Crippen LogP contribution in [-0.2, 0) is 43.2 Å².